The predicted octanol–water partition coefficient (Wildman–Crippen LogP) is 4.74. The molecule has 1 amide bonds. The molecule has 148 valence electrons. The van der Waals surface area contributed by atoms with E-state index < -0.39 is 0 Å². The van der Waals surface area contributed by atoms with Crippen LogP contribution in [0.3, 0.4) is 0 Å². The lowest BCUT2D eigenvalue weighted by Crippen LogP contribution is -2.26. The maximum absolute atomic E-state index is 12.5. The van der Waals surface area contributed by atoms with Crippen LogP contribution in [0.15, 0.2) is 24.3 Å². The van der Waals surface area contributed by atoms with Crippen LogP contribution in [-0.4, -0.2) is 33.2 Å². The first-order valence-electron chi connectivity index (χ1n) is 9.63. The van der Waals surface area contributed by atoms with Crippen LogP contribution >= 0.6 is 11.6 Å². The van der Waals surface area contributed by atoms with Gasteiger partial charge in [0, 0.05) is 36.8 Å². The van der Waals surface area contributed by atoms with Crippen LogP contribution in [0, 0.1) is 6.92 Å². The van der Waals surface area contributed by atoms with Gasteiger partial charge in [-0.3, -0.25) is 4.79 Å². The van der Waals surface area contributed by atoms with Crippen LogP contribution in [0.2, 0.25) is 5.02 Å². The third-order valence-corrected chi connectivity index (χ3v) is 6.08. The lowest BCUT2D eigenvalue weighted by molar-refractivity contribution is -0.116. The van der Waals surface area contributed by atoms with Gasteiger partial charge in [-0.15, -0.1) is 0 Å². The Morgan fingerprint density at radius 1 is 1.14 bits per heavy atom. The van der Waals surface area contributed by atoms with E-state index in [4.69, 9.17) is 21.1 Å². The predicted molar refractivity (Wildman–Crippen MR) is 112 cm³/mol. The van der Waals surface area contributed by atoms with Crippen molar-refractivity contribution in [3.63, 3.8) is 0 Å². The molecule has 0 spiro atoms. The van der Waals surface area contributed by atoms with Gasteiger partial charge >= 0.3 is 0 Å². The Bertz CT molecular complexity index is 922. The molecule has 28 heavy (non-hydrogen) atoms. The molecule has 0 aromatic heterocycles. The molecule has 1 N–H and O–H groups in total. The van der Waals surface area contributed by atoms with Gasteiger partial charge in [0.15, 0.2) is 11.5 Å². The van der Waals surface area contributed by atoms with Gasteiger partial charge in [-0.1, -0.05) is 17.7 Å². The lowest BCUT2D eigenvalue weighted by atomic mass is 9.83. The second kappa shape index (κ2) is 7.55. The minimum absolute atomic E-state index is 0.0186. The van der Waals surface area contributed by atoms with Gasteiger partial charge in [0.25, 0.3) is 0 Å². The Kier molecular flexibility index (Phi) is 5.11. The molecule has 1 atom stereocenters. The zero-order valence-corrected chi connectivity index (χ0v) is 17.2. The number of carbonyl (C=O) groups is 1. The van der Waals surface area contributed by atoms with Crippen LogP contribution in [0.1, 0.15) is 41.9 Å². The fraction of sp³-hybridized carbons (Fsp3) is 0.409. The normalized spacial score (nSPS) is 18.6. The Hall–Kier alpha value is -2.40. The summed E-state index contributed by atoms with van der Waals surface area (Å²) in [7, 11) is 3.15. The summed E-state index contributed by atoms with van der Waals surface area (Å²) in [4.78, 5) is 14.9. The van der Waals surface area contributed by atoms with Crippen molar-refractivity contribution in [2.24, 2.45) is 0 Å². The molecule has 2 aromatic carbocycles. The average molecular weight is 401 g/mol. The Balaban J connectivity index is 1.80. The highest BCUT2D eigenvalue weighted by Gasteiger charge is 2.30. The van der Waals surface area contributed by atoms with Crippen molar-refractivity contribution in [1.82, 2.24) is 0 Å². The van der Waals surface area contributed by atoms with Crippen LogP contribution < -0.4 is 19.7 Å². The number of halogens is 1. The van der Waals surface area contributed by atoms with E-state index in [0.717, 1.165) is 35.5 Å². The van der Waals surface area contributed by atoms with Crippen LogP contribution in [-0.2, 0) is 4.79 Å². The van der Waals surface area contributed by atoms with Gasteiger partial charge in [0.2, 0.25) is 5.91 Å². The second-order valence-electron chi connectivity index (χ2n) is 7.41. The van der Waals surface area contributed by atoms with Gasteiger partial charge in [0.1, 0.15) is 0 Å². The number of rotatable bonds is 4. The molecule has 6 heteroatoms. The number of carbonyl (C=O) groups excluding carboxylic acids is 1. The van der Waals surface area contributed by atoms with Crippen LogP contribution in [0.4, 0.5) is 11.4 Å². The number of nitrogens with zero attached hydrogens (tertiary/aromatic N) is 1. The number of hydrogen-bond acceptors (Lipinski definition) is 4. The molecular formula is C22H25ClN2O3. The third kappa shape index (κ3) is 3.18. The van der Waals surface area contributed by atoms with E-state index in [0.29, 0.717) is 22.9 Å². The van der Waals surface area contributed by atoms with E-state index in [1.54, 1.807) is 14.2 Å². The molecule has 4 rings (SSSR count). The Labute approximate surface area is 170 Å². The zero-order valence-electron chi connectivity index (χ0n) is 16.5. The van der Waals surface area contributed by atoms with E-state index in [2.05, 4.69) is 29.3 Å². The summed E-state index contributed by atoms with van der Waals surface area (Å²) in [6.07, 6.45) is 2.81. The minimum Gasteiger partial charge on any atom is -0.493 e. The molecule has 1 saturated heterocycles. The molecular weight excluding hydrogens is 376 g/mol. The van der Waals surface area contributed by atoms with E-state index in [1.165, 1.54) is 18.5 Å². The summed E-state index contributed by atoms with van der Waals surface area (Å²) in [5.41, 5.74) is 5.33. The lowest BCUT2D eigenvalue weighted by Gasteiger charge is -2.31. The molecule has 1 unspecified atom stereocenters. The van der Waals surface area contributed by atoms with Crippen LogP contribution in [0.25, 0.3) is 0 Å². The summed E-state index contributed by atoms with van der Waals surface area (Å²) in [6.45, 7) is 4.24. The van der Waals surface area contributed by atoms with Crippen molar-refractivity contribution in [3.05, 3.63) is 46.0 Å². The van der Waals surface area contributed by atoms with Crippen molar-refractivity contribution in [1.29, 1.82) is 0 Å². The molecule has 2 aliphatic rings. The number of fused-ring (bicyclic) bond motifs is 1. The maximum atomic E-state index is 12.5. The number of hydrogen-bond donors (Lipinski definition) is 1. The number of ether oxygens (including phenoxy) is 2. The summed E-state index contributed by atoms with van der Waals surface area (Å²) >= 11 is 6.43. The fourth-order valence-corrected chi connectivity index (χ4v) is 4.70. The van der Waals surface area contributed by atoms with Gasteiger partial charge in [-0.25, -0.2) is 0 Å². The Morgan fingerprint density at radius 3 is 2.57 bits per heavy atom. The first-order chi connectivity index (χ1) is 13.5. The molecule has 0 radical (unpaired) electrons. The molecule has 5 nitrogen and oxygen atoms in total. The largest absolute Gasteiger partial charge is 0.493 e. The molecule has 2 heterocycles. The van der Waals surface area contributed by atoms with Crippen molar-refractivity contribution >= 4 is 28.9 Å². The molecule has 1 fully saturated rings. The monoisotopic (exact) mass is 400 g/mol. The fourth-order valence-electron chi connectivity index (χ4n) is 4.40. The number of amides is 1. The van der Waals surface area contributed by atoms with E-state index in [9.17, 15) is 4.79 Å². The van der Waals surface area contributed by atoms with E-state index in [-0.39, 0.29) is 11.8 Å². The highest BCUT2D eigenvalue weighted by Crippen LogP contribution is 2.45. The molecule has 2 aromatic rings. The van der Waals surface area contributed by atoms with E-state index >= 15 is 0 Å². The number of anilines is 2. The maximum Gasteiger partial charge on any atom is 0.225 e. The van der Waals surface area contributed by atoms with Crippen molar-refractivity contribution in [3.8, 4) is 11.5 Å². The first kappa shape index (κ1) is 18.9. The minimum atomic E-state index is -0.0765. The molecule has 0 saturated carbocycles. The average Bonchev–Trinajstić information content (AvgIpc) is 3.22. The van der Waals surface area contributed by atoms with Crippen molar-refractivity contribution in [2.45, 2.75) is 32.1 Å². The topological polar surface area (TPSA) is 50.8 Å². The number of nitrogens with one attached hydrogen (secondary N) is 1. The smallest absolute Gasteiger partial charge is 0.225 e. The molecule has 2 aliphatic heterocycles. The standard InChI is InChI=1S/C22H25ClN2O3/c1-13-18(25-8-4-5-9-25)7-6-15-16(12-20(26)24-21(13)15)14-10-17(23)22(28-3)19(11-14)27-2/h6-7,10-11,16H,4-5,8-9,12H2,1-3H3,(H,24,26). The molecule has 0 aliphatic carbocycles. The van der Waals surface area contributed by atoms with Gasteiger partial charge < -0.3 is 19.7 Å². The van der Waals surface area contributed by atoms with E-state index in [1.807, 2.05) is 12.1 Å². The quantitative estimate of drug-likeness (QED) is 0.805. The first-order valence-corrected chi connectivity index (χ1v) is 10.0. The SMILES string of the molecule is COc1cc(C2CC(=O)Nc3c2ccc(N2CCCC2)c3C)cc(Cl)c1OC. The van der Waals surface area contributed by atoms with Gasteiger partial charge in [-0.05, 0) is 54.7 Å². The van der Waals surface area contributed by atoms with Gasteiger partial charge in [-0.2, -0.15) is 0 Å². The summed E-state index contributed by atoms with van der Waals surface area (Å²) in [5, 5.41) is 3.58. The summed E-state index contributed by atoms with van der Waals surface area (Å²) < 4.78 is 10.8. The highest BCUT2D eigenvalue weighted by molar-refractivity contribution is 6.32. The Morgan fingerprint density at radius 2 is 1.89 bits per heavy atom. The second-order valence-corrected chi connectivity index (χ2v) is 7.82. The highest BCUT2D eigenvalue weighted by atomic mass is 35.5. The zero-order chi connectivity index (χ0) is 19.8. The van der Waals surface area contributed by atoms with Crippen LogP contribution in [0.5, 0.6) is 11.5 Å². The van der Waals surface area contributed by atoms with Crippen molar-refractivity contribution < 1.29 is 14.3 Å². The summed E-state index contributed by atoms with van der Waals surface area (Å²) in [6, 6.07) is 8.12. The number of benzene rings is 2. The summed E-state index contributed by atoms with van der Waals surface area (Å²) in [5.74, 6) is 1.02. The van der Waals surface area contributed by atoms with Crippen molar-refractivity contribution in [2.75, 3.05) is 37.5 Å². The van der Waals surface area contributed by atoms with Gasteiger partial charge in [0.05, 0.1) is 19.2 Å². The third-order valence-electron chi connectivity index (χ3n) is 5.80. The number of methoxy groups -OCH3 is 2. The molecule has 0 bridgehead atoms.